The Morgan fingerprint density at radius 2 is 1.76 bits per heavy atom. The highest BCUT2D eigenvalue weighted by molar-refractivity contribution is 7.98. The SMILES string of the molecule is CNc1nc(-c2ccc(SC)cc2)nc2c1CCCCC2. The molecule has 3 rings (SSSR count). The van der Waals surface area contributed by atoms with Crippen LogP contribution < -0.4 is 5.32 Å². The Morgan fingerprint density at radius 3 is 2.48 bits per heavy atom. The Hall–Kier alpha value is -1.55. The molecule has 2 aromatic rings. The van der Waals surface area contributed by atoms with Crippen molar-refractivity contribution >= 4 is 17.6 Å². The molecule has 0 saturated heterocycles. The number of anilines is 1. The summed E-state index contributed by atoms with van der Waals surface area (Å²) in [5.74, 6) is 1.85. The fourth-order valence-electron chi connectivity index (χ4n) is 2.85. The van der Waals surface area contributed by atoms with Crippen LogP contribution in [0.5, 0.6) is 0 Å². The van der Waals surface area contributed by atoms with Crippen molar-refractivity contribution in [1.29, 1.82) is 0 Å². The van der Waals surface area contributed by atoms with Gasteiger partial charge in [-0.1, -0.05) is 18.6 Å². The van der Waals surface area contributed by atoms with E-state index < -0.39 is 0 Å². The molecule has 1 aromatic heterocycles. The first-order valence-corrected chi connectivity index (χ1v) is 8.76. The van der Waals surface area contributed by atoms with E-state index in [0.29, 0.717) is 0 Å². The third-order valence-corrected chi connectivity index (χ3v) is 4.76. The fraction of sp³-hybridized carbons (Fsp3) is 0.412. The van der Waals surface area contributed by atoms with Gasteiger partial charge in [0, 0.05) is 28.8 Å². The minimum Gasteiger partial charge on any atom is -0.373 e. The van der Waals surface area contributed by atoms with Crippen LogP contribution in [-0.4, -0.2) is 23.3 Å². The number of rotatable bonds is 3. The van der Waals surface area contributed by atoms with E-state index in [1.165, 1.54) is 35.4 Å². The van der Waals surface area contributed by atoms with Crippen LogP contribution in [-0.2, 0) is 12.8 Å². The van der Waals surface area contributed by atoms with Crippen molar-refractivity contribution in [3.8, 4) is 11.4 Å². The van der Waals surface area contributed by atoms with Crippen LogP contribution in [0, 0.1) is 0 Å². The molecular formula is C17H21N3S. The zero-order chi connectivity index (χ0) is 14.7. The van der Waals surface area contributed by atoms with Crippen LogP contribution in [0.1, 0.15) is 30.5 Å². The van der Waals surface area contributed by atoms with Crippen molar-refractivity contribution < 1.29 is 0 Å². The molecule has 0 aliphatic heterocycles. The number of nitrogens with zero attached hydrogens (tertiary/aromatic N) is 2. The molecule has 1 aromatic carbocycles. The highest BCUT2D eigenvalue weighted by atomic mass is 32.2. The maximum Gasteiger partial charge on any atom is 0.161 e. The largest absolute Gasteiger partial charge is 0.373 e. The number of nitrogens with one attached hydrogen (secondary N) is 1. The molecular weight excluding hydrogens is 278 g/mol. The predicted octanol–water partition coefficient (Wildman–Crippen LogP) is 4.18. The van der Waals surface area contributed by atoms with E-state index in [1.807, 2.05) is 7.05 Å². The van der Waals surface area contributed by atoms with Crippen LogP contribution in [0.4, 0.5) is 5.82 Å². The van der Waals surface area contributed by atoms with Gasteiger partial charge in [-0.05, 0) is 44.1 Å². The zero-order valence-electron chi connectivity index (χ0n) is 12.6. The second kappa shape index (κ2) is 6.48. The average Bonchev–Trinajstić information content (AvgIpc) is 2.79. The van der Waals surface area contributed by atoms with Crippen molar-refractivity contribution in [3.63, 3.8) is 0 Å². The highest BCUT2D eigenvalue weighted by Crippen LogP contribution is 2.28. The smallest absolute Gasteiger partial charge is 0.161 e. The molecule has 0 atom stereocenters. The summed E-state index contributed by atoms with van der Waals surface area (Å²) in [5.41, 5.74) is 3.65. The number of fused-ring (bicyclic) bond motifs is 1. The molecule has 1 aliphatic carbocycles. The van der Waals surface area contributed by atoms with Gasteiger partial charge < -0.3 is 5.32 Å². The van der Waals surface area contributed by atoms with Gasteiger partial charge in [-0.25, -0.2) is 9.97 Å². The lowest BCUT2D eigenvalue weighted by molar-refractivity contribution is 0.709. The monoisotopic (exact) mass is 299 g/mol. The Morgan fingerprint density at radius 1 is 1.00 bits per heavy atom. The number of thioether (sulfide) groups is 1. The van der Waals surface area contributed by atoms with E-state index in [9.17, 15) is 0 Å². The van der Waals surface area contributed by atoms with Crippen LogP contribution in [0.25, 0.3) is 11.4 Å². The lowest BCUT2D eigenvalue weighted by Gasteiger charge is -2.13. The topological polar surface area (TPSA) is 37.8 Å². The molecule has 0 fully saturated rings. The van der Waals surface area contributed by atoms with Gasteiger partial charge in [0.15, 0.2) is 5.82 Å². The molecule has 0 amide bonds. The Kier molecular flexibility index (Phi) is 4.44. The molecule has 3 nitrogen and oxygen atoms in total. The van der Waals surface area contributed by atoms with Crippen molar-refractivity contribution in [2.75, 3.05) is 18.6 Å². The molecule has 0 bridgehead atoms. The summed E-state index contributed by atoms with van der Waals surface area (Å²) < 4.78 is 0. The molecule has 0 radical (unpaired) electrons. The van der Waals surface area contributed by atoms with Crippen molar-refractivity contribution in [3.05, 3.63) is 35.5 Å². The minimum atomic E-state index is 0.840. The van der Waals surface area contributed by atoms with E-state index in [2.05, 4.69) is 35.8 Å². The number of aromatic nitrogens is 2. The summed E-state index contributed by atoms with van der Waals surface area (Å²) in [7, 11) is 1.95. The van der Waals surface area contributed by atoms with Crippen molar-refractivity contribution in [1.82, 2.24) is 9.97 Å². The molecule has 0 unspecified atom stereocenters. The van der Waals surface area contributed by atoms with Gasteiger partial charge in [0.25, 0.3) is 0 Å². The summed E-state index contributed by atoms with van der Waals surface area (Å²) in [4.78, 5) is 10.9. The van der Waals surface area contributed by atoms with E-state index in [4.69, 9.17) is 9.97 Å². The number of benzene rings is 1. The zero-order valence-corrected chi connectivity index (χ0v) is 13.5. The summed E-state index contributed by atoms with van der Waals surface area (Å²) in [6.45, 7) is 0. The van der Waals surface area contributed by atoms with E-state index in [1.54, 1.807) is 11.8 Å². The lowest BCUT2D eigenvalue weighted by atomic mass is 10.1. The van der Waals surface area contributed by atoms with E-state index >= 15 is 0 Å². The van der Waals surface area contributed by atoms with Gasteiger partial charge in [0.05, 0.1) is 0 Å². The maximum atomic E-state index is 4.85. The predicted molar refractivity (Wildman–Crippen MR) is 90.1 cm³/mol. The average molecular weight is 299 g/mol. The van der Waals surface area contributed by atoms with Gasteiger partial charge in [0.1, 0.15) is 5.82 Å². The molecule has 110 valence electrons. The first-order valence-electron chi connectivity index (χ1n) is 7.54. The van der Waals surface area contributed by atoms with Crippen LogP contribution in [0.2, 0.25) is 0 Å². The first kappa shape index (κ1) is 14.4. The third kappa shape index (κ3) is 3.05. The third-order valence-electron chi connectivity index (χ3n) is 4.02. The number of hydrogen-bond acceptors (Lipinski definition) is 4. The van der Waals surface area contributed by atoms with Gasteiger partial charge in [-0.2, -0.15) is 0 Å². The Balaban J connectivity index is 2.04. The summed E-state index contributed by atoms with van der Waals surface area (Å²) >= 11 is 1.75. The number of aryl methyl sites for hydroxylation is 1. The van der Waals surface area contributed by atoms with Crippen LogP contribution >= 0.6 is 11.8 Å². The first-order chi connectivity index (χ1) is 10.3. The fourth-order valence-corrected chi connectivity index (χ4v) is 3.26. The van der Waals surface area contributed by atoms with Gasteiger partial charge in [0.2, 0.25) is 0 Å². The second-order valence-corrected chi connectivity index (χ2v) is 6.24. The second-order valence-electron chi connectivity index (χ2n) is 5.36. The molecule has 1 heterocycles. The summed E-state index contributed by atoms with van der Waals surface area (Å²) in [6, 6.07) is 8.50. The quantitative estimate of drug-likeness (QED) is 0.681. The van der Waals surface area contributed by atoms with Crippen molar-refractivity contribution in [2.24, 2.45) is 0 Å². The normalized spacial score (nSPS) is 14.4. The minimum absolute atomic E-state index is 0.840. The molecule has 4 heteroatoms. The summed E-state index contributed by atoms with van der Waals surface area (Å²) in [5, 5.41) is 3.26. The molecule has 0 saturated carbocycles. The highest BCUT2D eigenvalue weighted by Gasteiger charge is 2.16. The van der Waals surface area contributed by atoms with Gasteiger partial charge in [-0.15, -0.1) is 11.8 Å². The Labute approximate surface area is 130 Å². The molecule has 0 spiro atoms. The molecule has 1 aliphatic rings. The standard InChI is InChI=1S/C17H21N3S/c1-18-17-14-6-4-3-5-7-15(14)19-16(20-17)12-8-10-13(21-2)11-9-12/h8-11H,3-7H2,1-2H3,(H,18,19,20). The van der Waals surface area contributed by atoms with Gasteiger partial charge in [-0.3, -0.25) is 0 Å². The molecule has 21 heavy (non-hydrogen) atoms. The van der Waals surface area contributed by atoms with Crippen LogP contribution in [0.3, 0.4) is 0 Å². The van der Waals surface area contributed by atoms with Crippen LogP contribution in [0.15, 0.2) is 29.2 Å². The summed E-state index contributed by atoms with van der Waals surface area (Å²) in [6.07, 6.45) is 8.02. The molecule has 1 N–H and O–H groups in total. The number of hydrogen-bond donors (Lipinski definition) is 1. The van der Waals surface area contributed by atoms with Crippen molar-refractivity contribution in [2.45, 2.75) is 37.0 Å². The lowest BCUT2D eigenvalue weighted by Crippen LogP contribution is -2.06. The van der Waals surface area contributed by atoms with Gasteiger partial charge >= 0.3 is 0 Å². The Bertz CT molecular complexity index is 623. The maximum absolute atomic E-state index is 4.85. The van der Waals surface area contributed by atoms with E-state index in [-0.39, 0.29) is 0 Å². The van der Waals surface area contributed by atoms with E-state index in [0.717, 1.165) is 30.0 Å².